The van der Waals surface area contributed by atoms with Gasteiger partial charge in [-0.1, -0.05) is 40.2 Å². The molecule has 98 valence electrons. The minimum Gasteiger partial charge on any atom is -0.324 e. The van der Waals surface area contributed by atoms with E-state index in [1.165, 1.54) is 17.2 Å². The number of benzene rings is 2. The Balaban J connectivity index is 1.87. The van der Waals surface area contributed by atoms with E-state index in [4.69, 9.17) is 5.73 Å². The molecular weight excluding hydrogens is 305 g/mol. The second-order valence-corrected chi connectivity index (χ2v) is 6.31. The number of rotatable bonds is 2. The zero-order chi connectivity index (χ0) is 13.5. The SMILES string of the molecule is NC1(Cc2cc(Br)ccc2F)Cc2ccccc2C1. The van der Waals surface area contributed by atoms with Gasteiger partial charge in [0, 0.05) is 10.0 Å². The molecule has 3 rings (SSSR count). The first-order valence-corrected chi connectivity index (χ1v) is 7.15. The zero-order valence-corrected chi connectivity index (χ0v) is 12.1. The molecule has 0 heterocycles. The van der Waals surface area contributed by atoms with Crippen molar-refractivity contribution >= 4 is 15.9 Å². The molecule has 1 nitrogen and oxygen atoms in total. The maximum absolute atomic E-state index is 13.8. The van der Waals surface area contributed by atoms with Crippen molar-refractivity contribution < 1.29 is 4.39 Å². The van der Waals surface area contributed by atoms with Gasteiger partial charge in [-0.2, -0.15) is 0 Å². The van der Waals surface area contributed by atoms with Crippen molar-refractivity contribution in [3.8, 4) is 0 Å². The van der Waals surface area contributed by atoms with Gasteiger partial charge in [-0.15, -0.1) is 0 Å². The zero-order valence-electron chi connectivity index (χ0n) is 10.5. The number of hydrogen-bond donors (Lipinski definition) is 1. The Morgan fingerprint density at radius 1 is 1.11 bits per heavy atom. The predicted molar refractivity (Wildman–Crippen MR) is 78.6 cm³/mol. The fourth-order valence-electron chi connectivity index (χ4n) is 2.91. The first-order valence-electron chi connectivity index (χ1n) is 6.35. The number of halogens is 2. The van der Waals surface area contributed by atoms with Crippen LogP contribution in [0.3, 0.4) is 0 Å². The fourth-order valence-corrected chi connectivity index (χ4v) is 3.32. The smallest absolute Gasteiger partial charge is 0.126 e. The lowest BCUT2D eigenvalue weighted by atomic mass is 9.89. The predicted octanol–water partition coefficient (Wildman–Crippen LogP) is 3.63. The number of nitrogens with two attached hydrogens (primary N) is 1. The summed E-state index contributed by atoms with van der Waals surface area (Å²) < 4.78 is 14.7. The van der Waals surface area contributed by atoms with Crippen molar-refractivity contribution in [3.05, 3.63) is 69.4 Å². The van der Waals surface area contributed by atoms with Gasteiger partial charge in [0.25, 0.3) is 0 Å². The normalized spacial score (nSPS) is 16.4. The molecular formula is C16H15BrFN. The van der Waals surface area contributed by atoms with Crippen LogP contribution < -0.4 is 5.73 Å². The number of fused-ring (bicyclic) bond motifs is 1. The highest BCUT2D eigenvalue weighted by molar-refractivity contribution is 9.10. The third-order valence-electron chi connectivity index (χ3n) is 3.75. The van der Waals surface area contributed by atoms with Crippen LogP contribution in [0.5, 0.6) is 0 Å². The van der Waals surface area contributed by atoms with E-state index in [9.17, 15) is 4.39 Å². The van der Waals surface area contributed by atoms with E-state index >= 15 is 0 Å². The van der Waals surface area contributed by atoms with Crippen LogP contribution >= 0.6 is 15.9 Å². The van der Waals surface area contributed by atoms with Crippen LogP contribution in [0.1, 0.15) is 16.7 Å². The Kier molecular flexibility index (Phi) is 3.19. The van der Waals surface area contributed by atoms with Crippen LogP contribution in [0.2, 0.25) is 0 Å². The molecule has 1 aliphatic carbocycles. The summed E-state index contributed by atoms with van der Waals surface area (Å²) in [5.41, 5.74) is 9.38. The highest BCUT2D eigenvalue weighted by atomic mass is 79.9. The van der Waals surface area contributed by atoms with Gasteiger partial charge in [0.15, 0.2) is 0 Å². The third kappa shape index (κ3) is 2.58. The summed E-state index contributed by atoms with van der Waals surface area (Å²) in [6.45, 7) is 0. The van der Waals surface area contributed by atoms with Crippen LogP contribution in [-0.2, 0) is 19.3 Å². The van der Waals surface area contributed by atoms with Gasteiger partial charge in [0.2, 0.25) is 0 Å². The maximum Gasteiger partial charge on any atom is 0.126 e. The van der Waals surface area contributed by atoms with Crippen molar-refractivity contribution in [3.63, 3.8) is 0 Å². The highest BCUT2D eigenvalue weighted by Gasteiger charge is 2.34. The average Bonchev–Trinajstić information content (AvgIpc) is 2.69. The van der Waals surface area contributed by atoms with E-state index in [0.717, 1.165) is 17.3 Å². The van der Waals surface area contributed by atoms with Crippen molar-refractivity contribution in [2.75, 3.05) is 0 Å². The molecule has 19 heavy (non-hydrogen) atoms. The third-order valence-corrected chi connectivity index (χ3v) is 4.25. The molecule has 0 saturated carbocycles. The van der Waals surface area contributed by atoms with Crippen LogP contribution in [0.15, 0.2) is 46.9 Å². The second-order valence-electron chi connectivity index (χ2n) is 5.40. The van der Waals surface area contributed by atoms with Crippen LogP contribution in [-0.4, -0.2) is 5.54 Å². The van der Waals surface area contributed by atoms with E-state index in [2.05, 4.69) is 28.1 Å². The summed E-state index contributed by atoms with van der Waals surface area (Å²) in [7, 11) is 0. The molecule has 0 aromatic heterocycles. The molecule has 0 bridgehead atoms. The van der Waals surface area contributed by atoms with E-state index in [1.807, 2.05) is 18.2 Å². The van der Waals surface area contributed by atoms with Crippen LogP contribution in [0.4, 0.5) is 4.39 Å². The minimum atomic E-state index is -0.370. The molecule has 0 fully saturated rings. The summed E-state index contributed by atoms with van der Waals surface area (Å²) in [5, 5.41) is 0. The van der Waals surface area contributed by atoms with E-state index in [-0.39, 0.29) is 11.4 Å². The quantitative estimate of drug-likeness (QED) is 0.898. The fraction of sp³-hybridized carbons (Fsp3) is 0.250. The molecule has 2 aromatic rings. The Bertz CT molecular complexity index is 599. The van der Waals surface area contributed by atoms with Gasteiger partial charge < -0.3 is 5.73 Å². The molecule has 0 atom stereocenters. The lowest BCUT2D eigenvalue weighted by molar-refractivity contribution is 0.436. The van der Waals surface area contributed by atoms with Crippen LogP contribution in [0.25, 0.3) is 0 Å². The Hall–Kier alpha value is -1.19. The van der Waals surface area contributed by atoms with Gasteiger partial charge in [-0.05, 0) is 54.2 Å². The summed E-state index contributed by atoms with van der Waals surface area (Å²) in [4.78, 5) is 0. The molecule has 0 radical (unpaired) electrons. The summed E-state index contributed by atoms with van der Waals surface area (Å²) in [5.74, 6) is -0.177. The summed E-state index contributed by atoms with van der Waals surface area (Å²) in [6, 6.07) is 13.3. The van der Waals surface area contributed by atoms with E-state index < -0.39 is 0 Å². The standard InChI is InChI=1S/C16H15BrFN/c17-14-5-6-15(18)13(7-14)10-16(19)8-11-3-1-2-4-12(11)9-16/h1-7H,8-10,19H2. The first kappa shape index (κ1) is 12.8. The van der Waals surface area contributed by atoms with Crippen molar-refractivity contribution in [2.45, 2.75) is 24.8 Å². The van der Waals surface area contributed by atoms with Crippen molar-refractivity contribution in [1.82, 2.24) is 0 Å². The summed E-state index contributed by atoms with van der Waals surface area (Å²) >= 11 is 3.38. The molecule has 0 unspecified atom stereocenters. The minimum absolute atomic E-state index is 0.177. The molecule has 0 amide bonds. The Morgan fingerprint density at radius 3 is 2.37 bits per heavy atom. The van der Waals surface area contributed by atoms with Crippen molar-refractivity contribution in [2.24, 2.45) is 5.73 Å². The first-order chi connectivity index (χ1) is 9.06. The van der Waals surface area contributed by atoms with E-state index in [1.54, 1.807) is 6.07 Å². The van der Waals surface area contributed by atoms with E-state index in [0.29, 0.717) is 12.0 Å². The van der Waals surface area contributed by atoms with Gasteiger partial charge in [-0.25, -0.2) is 4.39 Å². The summed E-state index contributed by atoms with van der Waals surface area (Å²) in [6.07, 6.45) is 2.19. The molecule has 0 saturated heterocycles. The molecule has 2 N–H and O–H groups in total. The number of hydrogen-bond acceptors (Lipinski definition) is 1. The molecule has 0 spiro atoms. The average molecular weight is 320 g/mol. The van der Waals surface area contributed by atoms with Gasteiger partial charge in [0.1, 0.15) is 5.82 Å². The Labute approximate surface area is 120 Å². The van der Waals surface area contributed by atoms with Gasteiger partial charge in [0.05, 0.1) is 0 Å². The molecule has 0 aliphatic heterocycles. The topological polar surface area (TPSA) is 26.0 Å². The second kappa shape index (κ2) is 4.73. The maximum atomic E-state index is 13.8. The highest BCUT2D eigenvalue weighted by Crippen LogP contribution is 2.31. The lowest BCUT2D eigenvalue weighted by Gasteiger charge is -2.24. The lowest BCUT2D eigenvalue weighted by Crippen LogP contribution is -2.43. The molecule has 1 aliphatic rings. The van der Waals surface area contributed by atoms with Gasteiger partial charge >= 0.3 is 0 Å². The molecule has 3 heteroatoms. The van der Waals surface area contributed by atoms with Crippen molar-refractivity contribution in [1.29, 1.82) is 0 Å². The van der Waals surface area contributed by atoms with Gasteiger partial charge in [-0.3, -0.25) is 0 Å². The largest absolute Gasteiger partial charge is 0.324 e. The molecule has 2 aromatic carbocycles. The Morgan fingerprint density at radius 2 is 1.74 bits per heavy atom. The van der Waals surface area contributed by atoms with Crippen LogP contribution in [0, 0.1) is 5.82 Å². The monoisotopic (exact) mass is 319 g/mol.